The Morgan fingerprint density at radius 3 is 2.62 bits per heavy atom. The number of halogens is 3. The number of hydrogen-bond donors (Lipinski definition) is 2. The van der Waals surface area contributed by atoms with Gasteiger partial charge in [0.05, 0.1) is 5.56 Å². The molecule has 0 fully saturated rings. The lowest BCUT2D eigenvalue weighted by Crippen LogP contribution is -2.32. The molecule has 3 aromatic rings. The predicted molar refractivity (Wildman–Crippen MR) is 88.1 cm³/mol. The van der Waals surface area contributed by atoms with Gasteiger partial charge in [-0.25, -0.2) is 9.67 Å². The highest BCUT2D eigenvalue weighted by Gasteiger charge is 2.32. The summed E-state index contributed by atoms with van der Waals surface area (Å²) in [6.45, 7) is 0. The Bertz CT molecular complexity index is 979. The molecular formula is C16H12F3N7. The molecule has 0 radical (unpaired) electrons. The maximum Gasteiger partial charge on any atom is 0.416 e. The van der Waals surface area contributed by atoms with Crippen LogP contribution in [0.3, 0.4) is 0 Å². The minimum absolute atomic E-state index is 0.0496. The summed E-state index contributed by atoms with van der Waals surface area (Å²) in [4.78, 5) is 12.5. The number of alkyl halides is 3. The van der Waals surface area contributed by atoms with Gasteiger partial charge in [-0.05, 0) is 29.8 Å². The third kappa shape index (κ3) is 2.85. The highest BCUT2D eigenvalue weighted by atomic mass is 19.4. The molecule has 1 unspecified atom stereocenters. The normalized spacial score (nSPS) is 16.6. The molecule has 1 aromatic carbocycles. The van der Waals surface area contributed by atoms with E-state index >= 15 is 0 Å². The van der Waals surface area contributed by atoms with E-state index in [1.807, 2.05) is 0 Å². The molecule has 1 atom stereocenters. The van der Waals surface area contributed by atoms with E-state index in [1.54, 1.807) is 30.6 Å². The zero-order valence-electron chi connectivity index (χ0n) is 13.1. The van der Waals surface area contributed by atoms with Crippen molar-refractivity contribution in [3.63, 3.8) is 0 Å². The van der Waals surface area contributed by atoms with Gasteiger partial charge >= 0.3 is 6.18 Å². The standard InChI is InChI=1S/C16H12F3N7/c17-16(18,19)11-3-1-2-10(8-11)13-23-14(20)24-15-22-12(25-26(13)15)9-4-6-21-7-5-9/h1-8,13H,(H3,20,22,23,24,25). The smallest absolute Gasteiger partial charge is 0.370 e. The van der Waals surface area contributed by atoms with Crippen LogP contribution in [0.4, 0.5) is 19.1 Å². The molecular weight excluding hydrogens is 347 g/mol. The van der Waals surface area contributed by atoms with Crippen LogP contribution in [0.2, 0.25) is 0 Å². The molecule has 3 heterocycles. The van der Waals surface area contributed by atoms with E-state index in [4.69, 9.17) is 5.73 Å². The van der Waals surface area contributed by atoms with E-state index in [1.165, 1.54) is 10.7 Å². The molecule has 3 N–H and O–H groups in total. The number of pyridine rings is 1. The lowest BCUT2D eigenvalue weighted by Gasteiger charge is -2.21. The summed E-state index contributed by atoms with van der Waals surface area (Å²) in [5.41, 5.74) is 6.02. The lowest BCUT2D eigenvalue weighted by molar-refractivity contribution is -0.137. The maximum atomic E-state index is 13.0. The van der Waals surface area contributed by atoms with Crippen LogP contribution in [-0.2, 0) is 6.18 Å². The van der Waals surface area contributed by atoms with Crippen LogP contribution in [0.15, 0.2) is 53.8 Å². The Balaban J connectivity index is 1.79. The summed E-state index contributed by atoms with van der Waals surface area (Å²) < 4.78 is 40.5. The molecule has 1 aliphatic rings. The third-order valence-corrected chi connectivity index (χ3v) is 3.81. The summed E-state index contributed by atoms with van der Waals surface area (Å²) in [6.07, 6.45) is -2.11. The third-order valence-electron chi connectivity index (χ3n) is 3.81. The average molecular weight is 359 g/mol. The minimum atomic E-state index is -4.45. The molecule has 132 valence electrons. The molecule has 0 amide bonds. The Kier molecular flexibility index (Phi) is 3.60. The summed E-state index contributed by atoms with van der Waals surface area (Å²) in [5.74, 6) is 0.733. The molecule has 2 aromatic heterocycles. The predicted octanol–water partition coefficient (Wildman–Crippen LogP) is 2.65. The number of nitrogens with one attached hydrogen (secondary N) is 1. The van der Waals surface area contributed by atoms with Gasteiger partial charge < -0.3 is 5.73 Å². The van der Waals surface area contributed by atoms with Crippen molar-refractivity contribution in [3.05, 3.63) is 59.9 Å². The first-order valence-electron chi connectivity index (χ1n) is 7.56. The van der Waals surface area contributed by atoms with Crippen molar-refractivity contribution in [2.24, 2.45) is 10.7 Å². The molecule has 0 aliphatic carbocycles. The summed E-state index contributed by atoms with van der Waals surface area (Å²) in [6, 6.07) is 8.36. The highest BCUT2D eigenvalue weighted by Crippen LogP contribution is 2.33. The Labute approximate surface area is 145 Å². The monoisotopic (exact) mass is 359 g/mol. The number of benzene rings is 1. The van der Waals surface area contributed by atoms with Crippen molar-refractivity contribution in [3.8, 4) is 11.4 Å². The van der Waals surface area contributed by atoms with Gasteiger partial charge in [0.25, 0.3) is 0 Å². The van der Waals surface area contributed by atoms with Crippen molar-refractivity contribution in [2.45, 2.75) is 12.3 Å². The summed E-state index contributed by atoms with van der Waals surface area (Å²) in [7, 11) is 0. The second-order valence-electron chi connectivity index (χ2n) is 5.58. The fraction of sp³-hybridized carbons (Fsp3) is 0.125. The molecule has 7 nitrogen and oxygen atoms in total. The van der Waals surface area contributed by atoms with E-state index < -0.39 is 17.9 Å². The van der Waals surface area contributed by atoms with Gasteiger partial charge in [-0.15, -0.1) is 5.10 Å². The number of aromatic nitrogens is 4. The second kappa shape index (κ2) is 5.83. The SMILES string of the molecule is NC1=NC(c2cccc(C(F)(F)F)c2)n2nc(-c3ccncc3)nc2N1. The van der Waals surface area contributed by atoms with Crippen LogP contribution in [0.25, 0.3) is 11.4 Å². The minimum Gasteiger partial charge on any atom is -0.370 e. The second-order valence-corrected chi connectivity index (χ2v) is 5.58. The van der Waals surface area contributed by atoms with Crippen LogP contribution in [0, 0.1) is 0 Å². The Morgan fingerprint density at radius 1 is 1.12 bits per heavy atom. The van der Waals surface area contributed by atoms with Crippen molar-refractivity contribution in [1.82, 2.24) is 19.7 Å². The topological polar surface area (TPSA) is 94.0 Å². The Hall–Kier alpha value is -3.43. The largest absolute Gasteiger partial charge is 0.416 e. The molecule has 10 heteroatoms. The first-order chi connectivity index (χ1) is 12.4. The first-order valence-corrected chi connectivity index (χ1v) is 7.56. The van der Waals surface area contributed by atoms with E-state index in [0.29, 0.717) is 22.9 Å². The van der Waals surface area contributed by atoms with E-state index in [9.17, 15) is 13.2 Å². The van der Waals surface area contributed by atoms with Crippen molar-refractivity contribution in [1.29, 1.82) is 0 Å². The van der Waals surface area contributed by atoms with Gasteiger partial charge in [-0.2, -0.15) is 18.2 Å². The van der Waals surface area contributed by atoms with Crippen molar-refractivity contribution >= 4 is 11.9 Å². The number of guanidine groups is 1. The summed E-state index contributed by atoms with van der Waals surface area (Å²) >= 11 is 0. The van der Waals surface area contributed by atoms with Crippen molar-refractivity contribution in [2.75, 3.05) is 5.32 Å². The van der Waals surface area contributed by atoms with Gasteiger partial charge in [0.15, 0.2) is 17.9 Å². The van der Waals surface area contributed by atoms with Crippen LogP contribution in [0.5, 0.6) is 0 Å². The number of fused-ring (bicyclic) bond motifs is 1. The van der Waals surface area contributed by atoms with E-state index in [2.05, 4.69) is 25.4 Å². The quantitative estimate of drug-likeness (QED) is 0.734. The van der Waals surface area contributed by atoms with Crippen LogP contribution < -0.4 is 11.1 Å². The molecule has 0 bridgehead atoms. The number of aliphatic imine (C=N–C) groups is 1. The van der Waals surface area contributed by atoms with Crippen LogP contribution in [0.1, 0.15) is 17.3 Å². The maximum absolute atomic E-state index is 13.0. The van der Waals surface area contributed by atoms with Crippen LogP contribution in [-0.4, -0.2) is 25.7 Å². The van der Waals surface area contributed by atoms with Gasteiger partial charge in [0.2, 0.25) is 5.95 Å². The number of anilines is 1. The first kappa shape index (κ1) is 16.1. The highest BCUT2D eigenvalue weighted by molar-refractivity contribution is 5.92. The number of hydrogen-bond acceptors (Lipinski definition) is 6. The van der Waals surface area contributed by atoms with Crippen molar-refractivity contribution < 1.29 is 13.2 Å². The zero-order valence-corrected chi connectivity index (χ0v) is 13.1. The molecule has 26 heavy (non-hydrogen) atoms. The van der Waals surface area contributed by atoms with E-state index in [0.717, 1.165) is 12.1 Å². The van der Waals surface area contributed by atoms with Gasteiger partial charge in [-0.3, -0.25) is 10.3 Å². The summed E-state index contributed by atoms with van der Waals surface area (Å²) in [5, 5.41) is 7.15. The van der Waals surface area contributed by atoms with Gasteiger partial charge in [-0.1, -0.05) is 12.1 Å². The number of rotatable bonds is 2. The molecule has 0 spiro atoms. The fourth-order valence-electron chi connectivity index (χ4n) is 2.63. The molecule has 0 saturated carbocycles. The van der Waals surface area contributed by atoms with Gasteiger partial charge in [0.1, 0.15) is 0 Å². The zero-order chi connectivity index (χ0) is 18.3. The fourth-order valence-corrected chi connectivity index (χ4v) is 2.63. The number of nitrogens with zero attached hydrogens (tertiary/aromatic N) is 5. The van der Waals surface area contributed by atoms with Crippen LogP contribution >= 0.6 is 0 Å². The Morgan fingerprint density at radius 2 is 1.88 bits per heavy atom. The molecule has 0 saturated heterocycles. The average Bonchev–Trinajstić information content (AvgIpc) is 3.05. The number of nitrogens with two attached hydrogens (primary N) is 1. The van der Waals surface area contributed by atoms with E-state index in [-0.39, 0.29) is 5.96 Å². The lowest BCUT2D eigenvalue weighted by atomic mass is 10.1. The molecule has 4 rings (SSSR count). The van der Waals surface area contributed by atoms with Gasteiger partial charge in [0, 0.05) is 18.0 Å². The molecule has 1 aliphatic heterocycles.